The normalized spacial score (nSPS) is 10.8. The summed E-state index contributed by atoms with van der Waals surface area (Å²) in [5.41, 5.74) is 3.49. The number of nitriles is 1. The molecule has 168 valence electrons. The maximum absolute atomic E-state index is 11.2. The second-order valence-electron chi connectivity index (χ2n) is 7.51. The van der Waals surface area contributed by atoms with Crippen LogP contribution in [-0.4, -0.2) is 43.0 Å². The van der Waals surface area contributed by atoms with Gasteiger partial charge in [-0.1, -0.05) is 0 Å². The van der Waals surface area contributed by atoms with Crippen molar-refractivity contribution in [3.63, 3.8) is 0 Å². The molecule has 0 saturated heterocycles. The minimum absolute atomic E-state index is 0.170. The molecular weight excluding hydrogens is 406 g/mol. The number of methoxy groups -OCH3 is 2. The van der Waals surface area contributed by atoms with E-state index in [1.165, 1.54) is 7.11 Å². The van der Waals surface area contributed by atoms with E-state index in [2.05, 4.69) is 15.4 Å². The molecule has 0 bridgehead atoms. The summed E-state index contributed by atoms with van der Waals surface area (Å²) in [6.45, 7) is 2.01. The van der Waals surface area contributed by atoms with Gasteiger partial charge in [-0.25, -0.2) is 4.98 Å². The lowest BCUT2D eigenvalue weighted by molar-refractivity contribution is -0.140. The van der Waals surface area contributed by atoms with E-state index in [-0.39, 0.29) is 5.97 Å². The number of rotatable bonds is 12. The number of unbranched alkanes of at least 4 members (excludes halogenated alkanes) is 2. The molecule has 0 aliphatic rings. The topological polar surface area (TPSA) is 86.4 Å². The van der Waals surface area contributed by atoms with Gasteiger partial charge in [0.25, 0.3) is 0 Å². The number of hydrogen-bond acceptors (Lipinski definition) is 6. The summed E-state index contributed by atoms with van der Waals surface area (Å²) < 4.78 is 18.0. The van der Waals surface area contributed by atoms with Crippen LogP contribution in [0.25, 0.3) is 22.4 Å². The molecule has 0 aliphatic carbocycles. The van der Waals surface area contributed by atoms with Crippen LogP contribution in [0.4, 0.5) is 0 Å². The third-order valence-corrected chi connectivity index (χ3v) is 5.24. The summed E-state index contributed by atoms with van der Waals surface area (Å²) in [5, 5.41) is 9.08. The Hall–Kier alpha value is -3.37. The zero-order valence-electron chi connectivity index (χ0n) is 18.7. The number of esters is 1. The second-order valence-corrected chi connectivity index (χ2v) is 7.51. The van der Waals surface area contributed by atoms with E-state index in [4.69, 9.17) is 19.7 Å². The molecule has 0 fully saturated rings. The van der Waals surface area contributed by atoms with E-state index in [0.29, 0.717) is 25.2 Å². The highest BCUT2D eigenvalue weighted by atomic mass is 16.5. The van der Waals surface area contributed by atoms with Crippen LogP contribution in [-0.2, 0) is 20.8 Å². The van der Waals surface area contributed by atoms with Gasteiger partial charge in [0.05, 0.1) is 36.4 Å². The summed E-state index contributed by atoms with van der Waals surface area (Å²) in [6.07, 6.45) is 3.89. The van der Waals surface area contributed by atoms with Gasteiger partial charge in [0.2, 0.25) is 0 Å². The molecule has 32 heavy (non-hydrogen) atoms. The number of nitrogens with zero attached hydrogens (tertiary/aromatic N) is 3. The number of ether oxygens (including phenoxy) is 3. The van der Waals surface area contributed by atoms with Crippen molar-refractivity contribution in [2.75, 3.05) is 27.4 Å². The molecule has 0 atom stereocenters. The zero-order chi connectivity index (χ0) is 22.8. The first kappa shape index (κ1) is 23.3. The monoisotopic (exact) mass is 435 g/mol. The molecule has 7 nitrogen and oxygen atoms in total. The first-order valence-corrected chi connectivity index (χ1v) is 10.9. The summed E-state index contributed by atoms with van der Waals surface area (Å²) in [4.78, 5) is 16.0. The van der Waals surface area contributed by atoms with Crippen molar-refractivity contribution in [2.45, 2.75) is 38.6 Å². The van der Waals surface area contributed by atoms with Crippen molar-refractivity contribution in [1.29, 1.82) is 5.26 Å². The molecule has 2 aromatic carbocycles. The number of benzene rings is 2. The van der Waals surface area contributed by atoms with Gasteiger partial charge in [0, 0.05) is 38.3 Å². The average molecular weight is 436 g/mol. The smallest absolute Gasteiger partial charge is 0.305 e. The van der Waals surface area contributed by atoms with Gasteiger partial charge in [0.1, 0.15) is 11.6 Å². The van der Waals surface area contributed by atoms with E-state index in [1.807, 2.05) is 42.5 Å². The van der Waals surface area contributed by atoms with Crippen molar-refractivity contribution in [3.05, 3.63) is 48.0 Å². The first-order chi connectivity index (χ1) is 15.7. The Labute approximate surface area is 188 Å². The van der Waals surface area contributed by atoms with Gasteiger partial charge >= 0.3 is 5.97 Å². The first-order valence-electron chi connectivity index (χ1n) is 10.9. The summed E-state index contributed by atoms with van der Waals surface area (Å²) >= 11 is 0. The van der Waals surface area contributed by atoms with Gasteiger partial charge < -0.3 is 18.8 Å². The predicted molar refractivity (Wildman–Crippen MR) is 122 cm³/mol. The fourth-order valence-corrected chi connectivity index (χ4v) is 3.54. The highest BCUT2D eigenvalue weighted by Gasteiger charge is 2.14. The largest absolute Gasteiger partial charge is 0.494 e. The quantitative estimate of drug-likeness (QED) is 0.302. The maximum Gasteiger partial charge on any atom is 0.305 e. The minimum atomic E-state index is -0.170. The average Bonchev–Trinajstić information content (AvgIpc) is 3.19. The third kappa shape index (κ3) is 6.08. The van der Waals surface area contributed by atoms with Crippen LogP contribution in [0.2, 0.25) is 0 Å². The lowest BCUT2D eigenvalue weighted by atomic mass is 10.1. The zero-order valence-corrected chi connectivity index (χ0v) is 18.7. The Morgan fingerprint density at radius 3 is 2.56 bits per heavy atom. The van der Waals surface area contributed by atoms with Gasteiger partial charge in [-0.2, -0.15) is 5.26 Å². The highest BCUT2D eigenvalue weighted by Crippen LogP contribution is 2.28. The standard InChI is InChI=1S/C25H29N3O4/c1-30-15-6-14-28-23-17-21(32-16-5-3-4-7-24(29)31-2)12-13-22(23)27-25(28)20-10-8-19(18-26)9-11-20/h8-13,17H,3-7,14-16H2,1-2H3. The van der Waals surface area contributed by atoms with Crippen LogP contribution in [0, 0.1) is 11.3 Å². The number of aromatic nitrogens is 2. The number of carbonyl (C=O) groups is 1. The highest BCUT2D eigenvalue weighted by molar-refractivity contribution is 5.82. The van der Waals surface area contributed by atoms with Crippen LogP contribution < -0.4 is 4.74 Å². The van der Waals surface area contributed by atoms with E-state index in [9.17, 15) is 4.79 Å². The Bertz CT molecular complexity index is 1070. The Morgan fingerprint density at radius 2 is 1.84 bits per heavy atom. The molecule has 0 spiro atoms. The lowest BCUT2D eigenvalue weighted by Crippen LogP contribution is -2.04. The van der Waals surface area contributed by atoms with Gasteiger partial charge in [-0.15, -0.1) is 0 Å². The number of hydrogen-bond donors (Lipinski definition) is 0. The van der Waals surface area contributed by atoms with E-state index >= 15 is 0 Å². The Balaban J connectivity index is 1.75. The molecule has 0 unspecified atom stereocenters. The maximum atomic E-state index is 11.2. The molecule has 1 aromatic heterocycles. The second kappa shape index (κ2) is 11.9. The van der Waals surface area contributed by atoms with Crippen molar-refractivity contribution < 1.29 is 19.0 Å². The Kier molecular flexibility index (Phi) is 8.64. The van der Waals surface area contributed by atoms with Gasteiger partial charge in [0.15, 0.2) is 0 Å². The molecule has 1 heterocycles. The molecule has 3 aromatic rings. The predicted octanol–water partition coefficient (Wildman–Crippen LogP) is 4.72. The van der Waals surface area contributed by atoms with Crippen LogP contribution in [0.3, 0.4) is 0 Å². The molecule has 0 saturated carbocycles. The fraction of sp³-hybridized carbons (Fsp3) is 0.400. The number of carbonyl (C=O) groups excluding carboxylic acids is 1. The van der Waals surface area contributed by atoms with Gasteiger partial charge in [-0.3, -0.25) is 4.79 Å². The Morgan fingerprint density at radius 1 is 1.03 bits per heavy atom. The SMILES string of the molecule is COCCCn1c(-c2ccc(C#N)cc2)nc2ccc(OCCCCCC(=O)OC)cc21. The molecule has 7 heteroatoms. The lowest BCUT2D eigenvalue weighted by Gasteiger charge is -2.10. The summed E-state index contributed by atoms with van der Waals surface area (Å²) in [5.74, 6) is 1.49. The molecule has 0 N–H and O–H groups in total. The van der Waals surface area contributed by atoms with Crippen molar-refractivity contribution >= 4 is 17.0 Å². The fourth-order valence-electron chi connectivity index (χ4n) is 3.54. The van der Waals surface area contributed by atoms with E-state index < -0.39 is 0 Å². The summed E-state index contributed by atoms with van der Waals surface area (Å²) in [6, 6.07) is 15.6. The van der Waals surface area contributed by atoms with Crippen molar-refractivity contribution in [1.82, 2.24) is 9.55 Å². The molecule has 3 rings (SSSR count). The van der Waals surface area contributed by atoms with E-state index in [0.717, 1.165) is 60.4 Å². The van der Waals surface area contributed by atoms with Gasteiger partial charge in [-0.05, 0) is 62.1 Å². The van der Waals surface area contributed by atoms with Crippen molar-refractivity contribution in [3.8, 4) is 23.2 Å². The number of fused-ring (bicyclic) bond motifs is 1. The molecule has 0 radical (unpaired) electrons. The van der Waals surface area contributed by atoms with Crippen LogP contribution in [0.5, 0.6) is 5.75 Å². The molecular formula is C25H29N3O4. The number of imidazole rings is 1. The number of aryl methyl sites for hydroxylation is 1. The van der Waals surface area contributed by atoms with Crippen LogP contribution in [0.1, 0.15) is 37.7 Å². The van der Waals surface area contributed by atoms with Crippen LogP contribution >= 0.6 is 0 Å². The molecule has 0 amide bonds. The van der Waals surface area contributed by atoms with E-state index in [1.54, 1.807) is 7.11 Å². The third-order valence-electron chi connectivity index (χ3n) is 5.24. The summed E-state index contributed by atoms with van der Waals surface area (Å²) in [7, 11) is 3.11. The minimum Gasteiger partial charge on any atom is -0.494 e. The van der Waals surface area contributed by atoms with Crippen molar-refractivity contribution in [2.24, 2.45) is 0 Å². The van der Waals surface area contributed by atoms with Crippen LogP contribution in [0.15, 0.2) is 42.5 Å². The molecule has 0 aliphatic heterocycles.